The van der Waals surface area contributed by atoms with Gasteiger partial charge >= 0.3 is 0 Å². The standard InChI is InChI=1S/C22H25ClN4O3S/c1-2-29-18-11-14(21(24)27-9-3-4-10-27)5-6-16(18)17-12-15(30-26-17)13-25-22(28)19-7-8-20(23)31-19/h5-8,11-12,15,24,26H,2-4,9-10,13H2,1H3,(H,25,28). The number of amides is 1. The van der Waals surface area contributed by atoms with Gasteiger partial charge in [0, 0.05) is 24.2 Å². The number of likely N-dealkylation sites (tertiary alicyclic amines) is 1. The van der Waals surface area contributed by atoms with Crippen molar-refractivity contribution in [1.29, 1.82) is 5.41 Å². The first-order chi connectivity index (χ1) is 15.0. The molecule has 3 N–H and O–H groups in total. The lowest BCUT2D eigenvalue weighted by atomic mass is 10.1. The molecule has 1 atom stereocenters. The Kier molecular flexibility index (Phi) is 6.80. The monoisotopic (exact) mass is 460 g/mol. The van der Waals surface area contributed by atoms with E-state index in [1.165, 1.54) is 11.3 Å². The van der Waals surface area contributed by atoms with Crippen molar-refractivity contribution in [2.24, 2.45) is 0 Å². The van der Waals surface area contributed by atoms with Gasteiger partial charge in [0.2, 0.25) is 0 Å². The second kappa shape index (κ2) is 9.72. The van der Waals surface area contributed by atoms with E-state index < -0.39 is 0 Å². The van der Waals surface area contributed by atoms with Crippen molar-refractivity contribution >= 4 is 40.4 Å². The fourth-order valence-electron chi connectivity index (χ4n) is 3.65. The summed E-state index contributed by atoms with van der Waals surface area (Å²) in [4.78, 5) is 20.5. The highest BCUT2D eigenvalue weighted by Gasteiger charge is 2.23. The number of carbonyl (C=O) groups is 1. The summed E-state index contributed by atoms with van der Waals surface area (Å²) >= 11 is 7.13. The van der Waals surface area contributed by atoms with Gasteiger partial charge in [0.25, 0.3) is 5.91 Å². The molecule has 0 spiro atoms. The van der Waals surface area contributed by atoms with Gasteiger partial charge in [-0.25, -0.2) is 0 Å². The molecule has 0 bridgehead atoms. The zero-order valence-corrected chi connectivity index (χ0v) is 18.8. The molecule has 4 rings (SSSR count). The second-order valence-electron chi connectivity index (χ2n) is 7.34. The number of nitrogens with zero attached hydrogens (tertiary/aromatic N) is 1. The number of ether oxygens (including phenoxy) is 1. The number of benzene rings is 1. The van der Waals surface area contributed by atoms with Crippen LogP contribution in [-0.2, 0) is 4.84 Å². The van der Waals surface area contributed by atoms with Gasteiger partial charge in [0.1, 0.15) is 17.7 Å². The number of hydroxylamine groups is 1. The van der Waals surface area contributed by atoms with E-state index in [2.05, 4.69) is 15.7 Å². The van der Waals surface area contributed by atoms with Gasteiger partial charge in [0.15, 0.2) is 0 Å². The number of hydrogen-bond acceptors (Lipinski definition) is 6. The SMILES string of the molecule is CCOc1cc(C(=N)N2CCCC2)ccc1C1=CC(CNC(=O)c2ccc(Cl)s2)ON1. The van der Waals surface area contributed by atoms with Gasteiger partial charge < -0.3 is 15.0 Å². The Bertz CT molecular complexity index is 1000. The Hall–Kier alpha value is -2.55. The Morgan fingerprint density at radius 2 is 2.16 bits per heavy atom. The number of amidine groups is 1. The van der Waals surface area contributed by atoms with Crippen LogP contribution in [0.5, 0.6) is 5.75 Å². The number of rotatable bonds is 7. The van der Waals surface area contributed by atoms with Crippen molar-refractivity contribution in [3.8, 4) is 5.75 Å². The summed E-state index contributed by atoms with van der Waals surface area (Å²) in [6, 6.07) is 9.21. The van der Waals surface area contributed by atoms with Crippen LogP contribution < -0.4 is 15.5 Å². The number of hydrogen-bond donors (Lipinski definition) is 3. The van der Waals surface area contributed by atoms with Crippen LogP contribution in [0.4, 0.5) is 0 Å². The summed E-state index contributed by atoms with van der Waals surface area (Å²) in [5.41, 5.74) is 5.42. The van der Waals surface area contributed by atoms with E-state index in [0.29, 0.717) is 34.0 Å². The van der Waals surface area contributed by atoms with Gasteiger partial charge in [-0.1, -0.05) is 17.7 Å². The van der Waals surface area contributed by atoms with E-state index >= 15 is 0 Å². The average Bonchev–Trinajstić information content (AvgIpc) is 3.53. The first kappa shape index (κ1) is 21.7. The van der Waals surface area contributed by atoms with Crippen molar-refractivity contribution in [2.45, 2.75) is 25.9 Å². The molecule has 1 unspecified atom stereocenters. The third kappa shape index (κ3) is 5.03. The third-order valence-corrected chi connectivity index (χ3v) is 6.43. The number of carbonyl (C=O) groups excluding carboxylic acids is 1. The molecule has 1 saturated heterocycles. The molecule has 2 aromatic rings. The quantitative estimate of drug-likeness (QED) is 0.431. The lowest BCUT2D eigenvalue weighted by Gasteiger charge is -2.20. The minimum Gasteiger partial charge on any atom is -0.493 e. The average molecular weight is 461 g/mol. The Morgan fingerprint density at radius 1 is 1.35 bits per heavy atom. The summed E-state index contributed by atoms with van der Waals surface area (Å²) in [5, 5.41) is 11.4. The molecule has 1 amide bonds. The number of halogens is 1. The molecule has 0 radical (unpaired) electrons. The van der Waals surface area contributed by atoms with E-state index in [0.717, 1.165) is 42.8 Å². The van der Waals surface area contributed by atoms with Crippen molar-refractivity contribution < 1.29 is 14.4 Å². The lowest BCUT2D eigenvalue weighted by molar-refractivity contribution is 0.0498. The Labute approximate surface area is 190 Å². The van der Waals surface area contributed by atoms with Crippen LogP contribution >= 0.6 is 22.9 Å². The summed E-state index contributed by atoms with van der Waals surface area (Å²) in [6.07, 6.45) is 3.87. The van der Waals surface area contributed by atoms with Gasteiger partial charge in [0.05, 0.1) is 28.1 Å². The maximum atomic E-state index is 12.2. The van der Waals surface area contributed by atoms with Crippen LogP contribution in [-0.4, -0.2) is 49.0 Å². The van der Waals surface area contributed by atoms with Crippen LogP contribution in [0.2, 0.25) is 4.34 Å². The predicted octanol–water partition coefficient (Wildman–Crippen LogP) is 3.90. The molecule has 0 aliphatic carbocycles. The van der Waals surface area contributed by atoms with Crippen LogP contribution in [0.25, 0.3) is 5.70 Å². The van der Waals surface area contributed by atoms with Crippen molar-refractivity contribution in [3.05, 3.63) is 56.7 Å². The molecule has 2 aliphatic heterocycles. The third-order valence-electron chi connectivity index (χ3n) is 5.20. The summed E-state index contributed by atoms with van der Waals surface area (Å²) < 4.78 is 6.44. The topological polar surface area (TPSA) is 86.7 Å². The Balaban J connectivity index is 1.45. The lowest BCUT2D eigenvalue weighted by Crippen LogP contribution is -2.31. The molecular formula is C22H25ClN4O3S. The summed E-state index contributed by atoms with van der Waals surface area (Å²) in [6.45, 7) is 4.63. The second-order valence-corrected chi connectivity index (χ2v) is 9.05. The fourth-order valence-corrected chi connectivity index (χ4v) is 4.61. The minimum atomic E-state index is -0.313. The molecule has 7 nitrogen and oxygen atoms in total. The van der Waals surface area contributed by atoms with Crippen LogP contribution in [0.1, 0.15) is 40.6 Å². The first-order valence-electron chi connectivity index (χ1n) is 10.3. The molecule has 164 valence electrons. The van der Waals surface area contributed by atoms with Crippen molar-refractivity contribution in [3.63, 3.8) is 0 Å². The van der Waals surface area contributed by atoms with E-state index in [1.54, 1.807) is 12.1 Å². The van der Waals surface area contributed by atoms with E-state index in [9.17, 15) is 4.79 Å². The molecule has 1 aromatic heterocycles. The smallest absolute Gasteiger partial charge is 0.261 e. The normalized spacial score (nSPS) is 17.9. The van der Waals surface area contributed by atoms with E-state index in [-0.39, 0.29) is 12.0 Å². The van der Waals surface area contributed by atoms with Crippen LogP contribution in [0.3, 0.4) is 0 Å². The van der Waals surface area contributed by atoms with Gasteiger partial charge in [-0.2, -0.15) is 0 Å². The first-order valence-corrected chi connectivity index (χ1v) is 11.5. The van der Waals surface area contributed by atoms with E-state index in [1.807, 2.05) is 31.2 Å². The molecule has 3 heterocycles. The van der Waals surface area contributed by atoms with Crippen molar-refractivity contribution in [1.82, 2.24) is 15.7 Å². The molecular weight excluding hydrogens is 436 g/mol. The highest BCUT2D eigenvalue weighted by molar-refractivity contribution is 7.18. The zero-order valence-electron chi connectivity index (χ0n) is 17.2. The van der Waals surface area contributed by atoms with Gasteiger partial charge in [-0.05, 0) is 50.1 Å². The minimum absolute atomic E-state index is 0.179. The maximum Gasteiger partial charge on any atom is 0.261 e. The molecule has 1 aromatic carbocycles. The van der Waals surface area contributed by atoms with Crippen LogP contribution in [0.15, 0.2) is 36.4 Å². The van der Waals surface area contributed by atoms with Crippen LogP contribution in [0, 0.1) is 5.41 Å². The molecule has 0 saturated carbocycles. The number of nitrogens with one attached hydrogen (secondary N) is 3. The predicted molar refractivity (Wildman–Crippen MR) is 123 cm³/mol. The highest BCUT2D eigenvalue weighted by Crippen LogP contribution is 2.30. The Morgan fingerprint density at radius 3 is 2.87 bits per heavy atom. The van der Waals surface area contributed by atoms with Gasteiger partial charge in [-0.15, -0.1) is 11.3 Å². The molecule has 1 fully saturated rings. The highest BCUT2D eigenvalue weighted by atomic mass is 35.5. The van der Waals surface area contributed by atoms with E-state index in [4.69, 9.17) is 26.6 Å². The largest absolute Gasteiger partial charge is 0.493 e. The van der Waals surface area contributed by atoms with Gasteiger partial charge in [-0.3, -0.25) is 20.5 Å². The molecule has 31 heavy (non-hydrogen) atoms. The summed E-state index contributed by atoms with van der Waals surface area (Å²) in [5.74, 6) is 1.05. The zero-order chi connectivity index (χ0) is 21.8. The van der Waals surface area contributed by atoms with Crippen molar-refractivity contribution in [2.75, 3.05) is 26.2 Å². The number of thiophene rings is 1. The summed E-state index contributed by atoms with van der Waals surface area (Å²) in [7, 11) is 0. The molecule has 9 heteroatoms. The molecule has 2 aliphatic rings. The fraction of sp³-hybridized carbons (Fsp3) is 0.364. The maximum absolute atomic E-state index is 12.2.